The molecule has 5 rings (SSSR count). The Morgan fingerprint density at radius 2 is 1.90 bits per heavy atom. The van der Waals surface area contributed by atoms with Crippen LogP contribution in [0.2, 0.25) is 0 Å². The lowest BCUT2D eigenvalue weighted by atomic mass is 9.73. The molecule has 8 heteroatoms. The lowest BCUT2D eigenvalue weighted by molar-refractivity contribution is -0.116. The summed E-state index contributed by atoms with van der Waals surface area (Å²) in [6.45, 7) is 0. The molecular formula is C21H17N3O4S. The average molecular weight is 407 g/mol. The Morgan fingerprint density at radius 1 is 1.07 bits per heavy atom. The summed E-state index contributed by atoms with van der Waals surface area (Å²) in [5, 5.41) is 20.3. The maximum atomic E-state index is 13.3. The number of rotatable bonds is 3. The molecule has 0 amide bonds. The second-order valence-corrected chi connectivity index (χ2v) is 8.23. The number of thiophene rings is 1. The van der Waals surface area contributed by atoms with E-state index >= 15 is 0 Å². The van der Waals surface area contributed by atoms with E-state index < -0.39 is 11.9 Å². The number of ketones is 1. The van der Waals surface area contributed by atoms with Crippen LogP contribution in [0.1, 0.15) is 51.0 Å². The molecule has 1 aliphatic heterocycles. The van der Waals surface area contributed by atoms with Crippen molar-refractivity contribution < 1.29 is 14.7 Å². The number of carbonyl (C=O) groups is 2. The fourth-order valence-corrected chi connectivity index (χ4v) is 5.23. The molecule has 3 heterocycles. The highest BCUT2D eigenvalue weighted by Crippen LogP contribution is 2.47. The van der Waals surface area contributed by atoms with E-state index in [1.807, 2.05) is 17.5 Å². The Kier molecular flexibility index (Phi) is 4.02. The summed E-state index contributed by atoms with van der Waals surface area (Å²) < 4.78 is 0. The molecule has 0 fully saturated rings. The van der Waals surface area contributed by atoms with Crippen LogP contribution >= 0.6 is 11.3 Å². The molecule has 2 aromatic heterocycles. The van der Waals surface area contributed by atoms with Gasteiger partial charge in [0.1, 0.15) is 5.82 Å². The van der Waals surface area contributed by atoms with Gasteiger partial charge >= 0.3 is 5.97 Å². The molecule has 0 radical (unpaired) electrons. The van der Waals surface area contributed by atoms with E-state index in [0.717, 1.165) is 10.6 Å². The minimum absolute atomic E-state index is 0.0615. The van der Waals surface area contributed by atoms with E-state index in [9.17, 15) is 19.5 Å². The van der Waals surface area contributed by atoms with Crippen molar-refractivity contribution in [2.24, 2.45) is 0 Å². The summed E-state index contributed by atoms with van der Waals surface area (Å²) in [6.07, 6.45) is 0.963. The topological polar surface area (TPSA) is 115 Å². The van der Waals surface area contributed by atoms with Gasteiger partial charge in [0.25, 0.3) is 5.56 Å². The quantitative estimate of drug-likeness (QED) is 0.531. The second-order valence-electron chi connectivity index (χ2n) is 7.25. The number of Topliss-reactive ketones (excluding diaryl/α,β-unsaturated/α-hetero) is 1. The smallest absolute Gasteiger partial charge is 0.335 e. The van der Waals surface area contributed by atoms with Crippen LogP contribution in [0.3, 0.4) is 0 Å². The van der Waals surface area contributed by atoms with Gasteiger partial charge in [0.15, 0.2) is 5.78 Å². The van der Waals surface area contributed by atoms with Gasteiger partial charge in [-0.1, -0.05) is 24.3 Å². The number of benzene rings is 1. The van der Waals surface area contributed by atoms with Gasteiger partial charge in [0, 0.05) is 34.4 Å². The van der Waals surface area contributed by atoms with Crippen molar-refractivity contribution in [1.82, 2.24) is 10.2 Å². The molecule has 146 valence electrons. The number of aromatic amines is 2. The van der Waals surface area contributed by atoms with Crippen LogP contribution in [-0.2, 0) is 4.79 Å². The van der Waals surface area contributed by atoms with Crippen LogP contribution < -0.4 is 10.9 Å². The fourth-order valence-electron chi connectivity index (χ4n) is 4.40. The minimum atomic E-state index is -1.09. The third-order valence-electron chi connectivity index (χ3n) is 5.62. The van der Waals surface area contributed by atoms with Crippen LogP contribution in [0.4, 0.5) is 5.82 Å². The van der Waals surface area contributed by atoms with Crippen LogP contribution in [0.25, 0.3) is 0 Å². The van der Waals surface area contributed by atoms with Gasteiger partial charge in [-0.2, -0.15) is 0 Å². The average Bonchev–Trinajstić information content (AvgIpc) is 3.37. The van der Waals surface area contributed by atoms with Crippen molar-refractivity contribution in [2.45, 2.75) is 24.7 Å². The van der Waals surface area contributed by atoms with Gasteiger partial charge in [-0.05, 0) is 29.5 Å². The Bertz CT molecular complexity index is 1220. The van der Waals surface area contributed by atoms with Crippen molar-refractivity contribution in [3.63, 3.8) is 0 Å². The first-order chi connectivity index (χ1) is 14.0. The lowest BCUT2D eigenvalue weighted by Gasteiger charge is -2.34. The van der Waals surface area contributed by atoms with Crippen molar-refractivity contribution in [1.29, 1.82) is 0 Å². The Hall–Kier alpha value is -3.39. The van der Waals surface area contributed by atoms with E-state index in [1.54, 1.807) is 29.5 Å². The van der Waals surface area contributed by atoms with Crippen molar-refractivity contribution in [3.05, 3.63) is 85.0 Å². The molecule has 1 aliphatic carbocycles. The zero-order valence-corrected chi connectivity index (χ0v) is 16.0. The zero-order chi connectivity index (χ0) is 20.1. The second kappa shape index (κ2) is 6.59. The maximum absolute atomic E-state index is 13.3. The van der Waals surface area contributed by atoms with Gasteiger partial charge < -0.3 is 10.4 Å². The summed E-state index contributed by atoms with van der Waals surface area (Å²) in [5.41, 5.74) is 1.75. The highest BCUT2D eigenvalue weighted by atomic mass is 32.1. The maximum Gasteiger partial charge on any atom is 0.335 e. The largest absolute Gasteiger partial charge is 0.478 e. The first kappa shape index (κ1) is 17.7. The summed E-state index contributed by atoms with van der Waals surface area (Å²) in [6, 6.07) is 10.5. The summed E-state index contributed by atoms with van der Waals surface area (Å²) in [4.78, 5) is 38.8. The number of carboxylic acids is 1. The van der Waals surface area contributed by atoms with Crippen LogP contribution in [-0.4, -0.2) is 27.1 Å². The van der Waals surface area contributed by atoms with Crippen molar-refractivity contribution >= 4 is 28.9 Å². The molecule has 4 N–H and O–H groups in total. The van der Waals surface area contributed by atoms with Crippen LogP contribution in [0, 0.1) is 0 Å². The molecule has 2 aliphatic rings. The Balaban J connectivity index is 1.70. The number of fused-ring (bicyclic) bond motifs is 1. The van der Waals surface area contributed by atoms with Crippen molar-refractivity contribution in [2.75, 3.05) is 5.32 Å². The van der Waals surface area contributed by atoms with E-state index in [1.165, 1.54) is 6.07 Å². The molecule has 0 unspecified atom stereocenters. The van der Waals surface area contributed by atoms with E-state index in [-0.39, 0.29) is 22.8 Å². The highest BCUT2D eigenvalue weighted by Gasteiger charge is 2.41. The lowest BCUT2D eigenvalue weighted by Crippen LogP contribution is -2.32. The monoisotopic (exact) mass is 407 g/mol. The SMILES string of the molecule is O=C1C[C@@H](c2cccs2)CC2=C1[C@H](c1ccccc1C(=O)O)c1c([nH][nH]c1=O)N2. The predicted molar refractivity (Wildman–Crippen MR) is 109 cm³/mol. The van der Waals surface area contributed by atoms with Crippen LogP contribution in [0.15, 0.2) is 57.8 Å². The number of hydrogen-bond donors (Lipinski definition) is 4. The number of anilines is 1. The number of H-pyrrole nitrogens is 2. The highest BCUT2D eigenvalue weighted by molar-refractivity contribution is 7.10. The Morgan fingerprint density at radius 3 is 2.66 bits per heavy atom. The third-order valence-corrected chi connectivity index (χ3v) is 6.66. The van der Waals surface area contributed by atoms with Gasteiger partial charge in [-0.25, -0.2) is 4.79 Å². The van der Waals surface area contributed by atoms with E-state index in [2.05, 4.69) is 15.5 Å². The zero-order valence-electron chi connectivity index (χ0n) is 15.2. The molecule has 0 spiro atoms. The number of carbonyl (C=O) groups excluding carboxylic acids is 1. The molecule has 0 bridgehead atoms. The van der Waals surface area contributed by atoms with E-state index in [4.69, 9.17) is 0 Å². The fraction of sp³-hybridized carbons (Fsp3) is 0.190. The minimum Gasteiger partial charge on any atom is -0.478 e. The standard InChI is InChI=1S/C21H17N3O4S/c25-14-9-10(15-6-3-7-29-15)8-13-17(14)16(18-19(22-13)23-24-20(18)26)11-4-1-2-5-12(11)21(27)28/h1-7,10,16H,8-9H2,(H,27,28)(H3,22,23,24,26)/t10-,16-/m0/s1. The molecule has 1 aromatic carbocycles. The predicted octanol–water partition coefficient (Wildman–Crippen LogP) is 3.42. The summed E-state index contributed by atoms with van der Waals surface area (Å²) in [5.74, 6) is -1.32. The molecule has 3 aromatic rings. The normalized spacial score (nSPS) is 20.8. The van der Waals surface area contributed by atoms with Gasteiger partial charge in [0.2, 0.25) is 0 Å². The number of aromatic nitrogens is 2. The number of hydrogen-bond acceptors (Lipinski definition) is 5. The number of aromatic carboxylic acids is 1. The van der Waals surface area contributed by atoms with Gasteiger partial charge in [-0.15, -0.1) is 11.3 Å². The number of nitrogens with one attached hydrogen (secondary N) is 3. The molecule has 7 nitrogen and oxygen atoms in total. The summed E-state index contributed by atoms with van der Waals surface area (Å²) >= 11 is 1.62. The molecule has 0 saturated carbocycles. The van der Waals surface area contributed by atoms with E-state index in [0.29, 0.717) is 35.4 Å². The van der Waals surface area contributed by atoms with Crippen molar-refractivity contribution in [3.8, 4) is 0 Å². The van der Waals surface area contributed by atoms with Gasteiger partial charge in [0.05, 0.1) is 11.1 Å². The number of allylic oxidation sites excluding steroid dienone is 2. The number of carboxylic acid groups (broad SMARTS) is 1. The summed E-state index contributed by atoms with van der Waals surface area (Å²) in [7, 11) is 0. The third kappa shape index (κ3) is 2.75. The molecular weight excluding hydrogens is 390 g/mol. The Labute approximate surface area is 169 Å². The van der Waals surface area contributed by atoms with Crippen LogP contribution in [0.5, 0.6) is 0 Å². The molecule has 29 heavy (non-hydrogen) atoms. The first-order valence-electron chi connectivity index (χ1n) is 9.24. The molecule has 0 saturated heterocycles. The molecule has 2 atom stereocenters. The van der Waals surface area contributed by atoms with Gasteiger partial charge in [-0.3, -0.25) is 19.8 Å². The first-order valence-corrected chi connectivity index (χ1v) is 10.1.